The van der Waals surface area contributed by atoms with Crippen LogP contribution in [0.5, 0.6) is 5.75 Å². The van der Waals surface area contributed by atoms with Gasteiger partial charge in [0.1, 0.15) is 5.75 Å². The highest BCUT2D eigenvalue weighted by Crippen LogP contribution is 2.29. The molecule has 0 bridgehead atoms. The van der Waals surface area contributed by atoms with Crippen LogP contribution in [0.3, 0.4) is 0 Å². The van der Waals surface area contributed by atoms with Crippen LogP contribution in [0.1, 0.15) is 12.0 Å². The lowest BCUT2D eigenvalue weighted by molar-refractivity contribution is -0.143. The molecule has 3 N–H and O–H groups in total. The molecule has 7 nitrogen and oxygen atoms in total. The molecule has 2 saturated heterocycles. The highest BCUT2D eigenvalue weighted by molar-refractivity contribution is 6.06. The second-order valence-electron chi connectivity index (χ2n) is 7.68. The van der Waals surface area contributed by atoms with E-state index in [9.17, 15) is 19.8 Å². The largest absolute Gasteiger partial charge is 0.508 e. The number of aromatic hydroxyl groups is 1. The van der Waals surface area contributed by atoms with E-state index in [4.69, 9.17) is 0 Å². The van der Waals surface area contributed by atoms with E-state index in [2.05, 4.69) is 5.32 Å². The van der Waals surface area contributed by atoms with Gasteiger partial charge in [-0.15, -0.1) is 12.4 Å². The fraction of sp³-hybridized carbons (Fsp3) is 0.364. The van der Waals surface area contributed by atoms with Crippen LogP contribution in [0.2, 0.25) is 0 Å². The molecule has 2 atom stereocenters. The SMILES string of the molecule is Cl.O=C(O)[C@@H](Cc1cccc(N2CCN(c3cccc(O)c3)C2=O)c1)[C@H]1CCNC1. The number of halogens is 1. The Bertz CT molecular complexity index is 917. The summed E-state index contributed by atoms with van der Waals surface area (Å²) in [7, 11) is 0. The Balaban J connectivity index is 0.00000256. The molecule has 0 aromatic heterocycles. The van der Waals surface area contributed by atoms with Crippen molar-refractivity contribution in [2.45, 2.75) is 12.8 Å². The predicted octanol–water partition coefficient (Wildman–Crippen LogP) is 3.11. The lowest BCUT2D eigenvalue weighted by Crippen LogP contribution is -2.31. The van der Waals surface area contributed by atoms with Crippen molar-refractivity contribution in [2.75, 3.05) is 36.0 Å². The van der Waals surface area contributed by atoms with E-state index in [0.29, 0.717) is 25.2 Å². The zero-order chi connectivity index (χ0) is 20.4. The van der Waals surface area contributed by atoms with E-state index < -0.39 is 11.9 Å². The molecule has 0 aliphatic carbocycles. The summed E-state index contributed by atoms with van der Waals surface area (Å²) in [4.78, 5) is 28.1. The van der Waals surface area contributed by atoms with Crippen molar-refractivity contribution < 1.29 is 19.8 Å². The molecule has 2 aliphatic rings. The van der Waals surface area contributed by atoms with Crippen LogP contribution < -0.4 is 15.1 Å². The van der Waals surface area contributed by atoms with Gasteiger partial charge in [0.25, 0.3) is 0 Å². The Hall–Kier alpha value is -2.77. The lowest BCUT2D eigenvalue weighted by atomic mass is 9.86. The summed E-state index contributed by atoms with van der Waals surface area (Å²) in [5, 5.41) is 22.6. The van der Waals surface area contributed by atoms with Gasteiger partial charge < -0.3 is 15.5 Å². The summed E-state index contributed by atoms with van der Waals surface area (Å²) in [6.07, 6.45) is 1.33. The third-order valence-electron chi connectivity index (χ3n) is 5.81. The van der Waals surface area contributed by atoms with Crippen molar-refractivity contribution in [3.63, 3.8) is 0 Å². The minimum atomic E-state index is -0.767. The van der Waals surface area contributed by atoms with Crippen molar-refractivity contribution in [2.24, 2.45) is 11.8 Å². The molecule has 30 heavy (non-hydrogen) atoms. The first-order valence-electron chi connectivity index (χ1n) is 9.93. The first-order chi connectivity index (χ1) is 14.0. The van der Waals surface area contributed by atoms with Crippen LogP contribution in [0.15, 0.2) is 48.5 Å². The van der Waals surface area contributed by atoms with E-state index >= 15 is 0 Å². The normalized spacial score (nSPS) is 19.6. The number of carbonyl (C=O) groups is 2. The van der Waals surface area contributed by atoms with Gasteiger partial charge in [0.05, 0.1) is 5.92 Å². The van der Waals surface area contributed by atoms with Crippen LogP contribution in [-0.4, -0.2) is 48.4 Å². The quantitative estimate of drug-likeness (QED) is 0.653. The van der Waals surface area contributed by atoms with Gasteiger partial charge in [-0.25, -0.2) is 4.79 Å². The monoisotopic (exact) mass is 431 g/mol. The fourth-order valence-corrected chi connectivity index (χ4v) is 4.26. The van der Waals surface area contributed by atoms with Gasteiger partial charge in [0.2, 0.25) is 0 Å². The Morgan fingerprint density at radius 1 is 1.10 bits per heavy atom. The number of aliphatic carboxylic acids is 1. The highest BCUT2D eigenvalue weighted by Gasteiger charge is 2.32. The van der Waals surface area contributed by atoms with Gasteiger partial charge >= 0.3 is 12.0 Å². The summed E-state index contributed by atoms with van der Waals surface area (Å²) >= 11 is 0. The van der Waals surface area contributed by atoms with Crippen molar-refractivity contribution >= 4 is 35.8 Å². The first-order valence-corrected chi connectivity index (χ1v) is 9.93. The minimum absolute atomic E-state index is 0. The van der Waals surface area contributed by atoms with Crippen LogP contribution in [0.4, 0.5) is 16.2 Å². The van der Waals surface area contributed by atoms with Crippen LogP contribution in [0, 0.1) is 11.8 Å². The summed E-state index contributed by atoms with van der Waals surface area (Å²) in [5.74, 6) is -0.947. The number of hydrogen-bond donors (Lipinski definition) is 3. The molecule has 2 aromatic carbocycles. The van der Waals surface area contributed by atoms with Crippen molar-refractivity contribution in [1.29, 1.82) is 0 Å². The zero-order valence-corrected chi connectivity index (χ0v) is 17.3. The fourth-order valence-electron chi connectivity index (χ4n) is 4.26. The number of carboxylic acids is 1. The second kappa shape index (κ2) is 9.36. The number of amides is 2. The molecule has 2 amide bonds. The number of hydrogen-bond acceptors (Lipinski definition) is 4. The highest BCUT2D eigenvalue weighted by atomic mass is 35.5. The number of phenolic OH excluding ortho intramolecular Hbond substituents is 1. The molecule has 8 heteroatoms. The topological polar surface area (TPSA) is 93.1 Å². The van der Waals surface area contributed by atoms with Crippen molar-refractivity contribution in [3.8, 4) is 5.75 Å². The van der Waals surface area contributed by atoms with E-state index in [1.165, 1.54) is 0 Å². The number of phenols is 1. The molecular weight excluding hydrogens is 406 g/mol. The van der Waals surface area contributed by atoms with E-state index in [-0.39, 0.29) is 30.1 Å². The molecule has 0 saturated carbocycles. The maximum Gasteiger partial charge on any atom is 0.329 e. The number of anilines is 2. The van der Waals surface area contributed by atoms with E-state index in [1.807, 2.05) is 24.3 Å². The van der Waals surface area contributed by atoms with Gasteiger partial charge in [-0.2, -0.15) is 0 Å². The van der Waals surface area contributed by atoms with Crippen LogP contribution in [-0.2, 0) is 11.2 Å². The summed E-state index contributed by atoms with van der Waals surface area (Å²) in [5.41, 5.74) is 2.35. The summed E-state index contributed by atoms with van der Waals surface area (Å²) < 4.78 is 0. The number of benzene rings is 2. The molecule has 0 spiro atoms. The van der Waals surface area contributed by atoms with Gasteiger partial charge in [-0.1, -0.05) is 18.2 Å². The van der Waals surface area contributed by atoms with Crippen LogP contribution >= 0.6 is 12.4 Å². The molecule has 2 aromatic rings. The van der Waals surface area contributed by atoms with Crippen molar-refractivity contribution in [1.82, 2.24) is 5.32 Å². The molecule has 4 rings (SSSR count). The Morgan fingerprint density at radius 3 is 2.37 bits per heavy atom. The second-order valence-corrected chi connectivity index (χ2v) is 7.68. The van der Waals surface area contributed by atoms with Crippen LogP contribution in [0.25, 0.3) is 0 Å². The maximum atomic E-state index is 12.9. The number of carboxylic acid groups (broad SMARTS) is 1. The summed E-state index contributed by atoms with van der Waals surface area (Å²) in [6, 6.07) is 14.1. The lowest BCUT2D eigenvalue weighted by Gasteiger charge is -2.21. The molecular formula is C22H26ClN3O4. The standard InChI is InChI=1S/C22H25N3O4.ClH/c26-19-6-2-5-18(13-19)25-10-9-24(22(25)29)17-4-1-3-15(11-17)12-20(21(27)28)16-7-8-23-14-16;/h1-6,11,13,16,20,23,26H,7-10,12,14H2,(H,27,28);1H/t16-,20-;/m0./s1. The predicted molar refractivity (Wildman–Crippen MR) is 118 cm³/mol. The number of nitrogens with zero attached hydrogens (tertiary/aromatic N) is 2. The average Bonchev–Trinajstić information content (AvgIpc) is 3.36. The number of urea groups is 1. The Labute approximate surface area is 181 Å². The third kappa shape index (κ3) is 4.52. The van der Waals surface area contributed by atoms with Gasteiger partial charge in [0, 0.05) is 30.5 Å². The number of rotatable bonds is 6. The van der Waals surface area contributed by atoms with Gasteiger partial charge in [-0.05, 0) is 61.7 Å². The zero-order valence-electron chi connectivity index (χ0n) is 16.5. The van der Waals surface area contributed by atoms with Gasteiger partial charge in [-0.3, -0.25) is 14.6 Å². The molecule has 2 fully saturated rings. The molecule has 2 heterocycles. The van der Waals surface area contributed by atoms with Crippen molar-refractivity contribution in [3.05, 3.63) is 54.1 Å². The van der Waals surface area contributed by atoms with E-state index in [0.717, 1.165) is 30.8 Å². The average molecular weight is 432 g/mol. The Kier molecular flexibility index (Phi) is 6.84. The summed E-state index contributed by atoms with van der Waals surface area (Å²) in [6.45, 7) is 2.66. The first kappa shape index (κ1) is 21.9. The molecule has 0 unspecified atom stereocenters. The van der Waals surface area contributed by atoms with E-state index in [1.54, 1.807) is 34.1 Å². The minimum Gasteiger partial charge on any atom is -0.508 e. The Morgan fingerprint density at radius 2 is 1.77 bits per heavy atom. The number of nitrogens with one attached hydrogen (secondary N) is 1. The molecule has 0 radical (unpaired) electrons. The van der Waals surface area contributed by atoms with Gasteiger partial charge in [0.15, 0.2) is 0 Å². The third-order valence-corrected chi connectivity index (χ3v) is 5.81. The maximum absolute atomic E-state index is 12.9. The molecule has 160 valence electrons. The number of carbonyl (C=O) groups excluding carboxylic acids is 1. The molecule has 2 aliphatic heterocycles. The smallest absolute Gasteiger partial charge is 0.329 e.